The van der Waals surface area contributed by atoms with E-state index in [1.54, 1.807) is 31.2 Å². The van der Waals surface area contributed by atoms with Gasteiger partial charge in [-0.2, -0.15) is 0 Å². The second-order valence-electron chi connectivity index (χ2n) is 18.4. The second-order valence-corrected chi connectivity index (χ2v) is 19.6. The third-order valence-corrected chi connectivity index (χ3v) is 13.3. The van der Waals surface area contributed by atoms with Crippen LogP contribution in [0.25, 0.3) is 0 Å². The number of carbonyl (C=O) groups excluding carboxylic acids is 3. The average Bonchev–Trinajstić information content (AvgIpc) is 3.37. The molecule has 0 fully saturated rings. The smallest absolute Gasteiger partial charge is 0.407 e. The number of amides is 3. The van der Waals surface area contributed by atoms with E-state index in [1.807, 2.05) is 30.3 Å². The molecule has 0 aliphatic carbocycles. The number of alkyl carbamates (subject to hydrolysis) is 1. The molecular weight excluding hydrogens is 966 g/mol. The van der Waals surface area contributed by atoms with Crippen molar-refractivity contribution in [1.82, 2.24) is 16.0 Å². The quantitative estimate of drug-likeness (QED) is 0.0242. The minimum atomic E-state index is -1.33. The zero-order valence-electron chi connectivity index (χ0n) is 41.8. The molecule has 0 heterocycles. The Morgan fingerprint density at radius 2 is 1.19 bits per heavy atom. The topological polar surface area (TPSA) is 257 Å². The van der Waals surface area contributed by atoms with E-state index in [0.29, 0.717) is 37.2 Å². The third kappa shape index (κ3) is 30.5. The van der Waals surface area contributed by atoms with Crippen molar-refractivity contribution in [3.63, 3.8) is 0 Å². The maximum atomic E-state index is 12.5. The number of aliphatic hydroxyl groups is 7. The fourth-order valence-corrected chi connectivity index (χ4v) is 8.49. The summed E-state index contributed by atoms with van der Waals surface area (Å²) in [5.41, 5.74) is 1.42. The number of ether oxygens (including phenoxy) is 3. The van der Waals surface area contributed by atoms with Gasteiger partial charge in [0.2, 0.25) is 11.8 Å². The summed E-state index contributed by atoms with van der Waals surface area (Å²) < 4.78 is 16.5. The van der Waals surface area contributed by atoms with Crippen molar-refractivity contribution in [2.24, 2.45) is 0 Å². The van der Waals surface area contributed by atoms with Crippen molar-refractivity contribution >= 4 is 33.8 Å². The van der Waals surface area contributed by atoms with Crippen molar-refractivity contribution in [2.75, 3.05) is 39.6 Å². The van der Waals surface area contributed by atoms with Crippen molar-refractivity contribution in [3.8, 4) is 5.75 Å². The SMILES string of the molecule is CCC(=O)N[C@@H](CO)COc1ccc([C@@H](O)CNC(=O)[C@@H](O)CCC[C@H](O)[C@@H](O)[C@H](Br)CCCCCCC[C@H](O)CCCCCCCCCCCCOC[C@H](CO)NC(=O)OCc2ccccc2)cc1. The normalized spacial score (nSPS) is 14.9. The van der Waals surface area contributed by atoms with Crippen LogP contribution in [0.4, 0.5) is 4.79 Å². The van der Waals surface area contributed by atoms with E-state index in [9.17, 15) is 50.1 Å². The fourth-order valence-electron chi connectivity index (χ4n) is 7.81. The Morgan fingerprint density at radius 1 is 0.629 bits per heavy atom. The summed E-state index contributed by atoms with van der Waals surface area (Å²) in [6.45, 7) is 2.19. The van der Waals surface area contributed by atoms with Gasteiger partial charge in [-0.1, -0.05) is 155 Å². The lowest BCUT2D eigenvalue weighted by Crippen LogP contribution is -2.41. The molecule has 0 saturated heterocycles. The molecule has 2 aromatic rings. The summed E-state index contributed by atoms with van der Waals surface area (Å²) in [7, 11) is 0. The van der Waals surface area contributed by atoms with Crippen LogP contribution in [0.15, 0.2) is 54.6 Å². The minimum absolute atomic E-state index is 0.0719. The first-order chi connectivity index (χ1) is 33.9. The standard InChI is InChI=1S/C53H88BrN3O13/c1-2-50(64)56-43(36-59)39-69-45-31-29-41(30-32-45)49(63)34-55-52(66)48(62)28-21-27-47(61)51(65)46(54)26-19-12-9-11-18-25-44(60)24-17-10-7-5-3-4-6-8-13-20-33-68-38-42(35-58)57-53(67)70-37-40-22-15-14-16-23-40/h14-16,22-23,29-32,42-44,46-49,51,58-63,65H,2-13,17-21,24-28,33-39H2,1H3,(H,55,66)(H,56,64)(H,57,67)/t42-,43-,44+,46+,47-,48-,49-,51-/m0/s1. The summed E-state index contributed by atoms with van der Waals surface area (Å²) in [5.74, 6) is -0.358. The van der Waals surface area contributed by atoms with Crippen LogP contribution >= 0.6 is 15.9 Å². The summed E-state index contributed by atoms with van der Waals surface area (Å²) in [4.78, 5) is 35.8. The van der Waals surface area contributed by atoms with E-state index in [-0.39, 0.29) is 69.3 Å². The van der Waals surface area contributed by atoms with Gasteiger partial charge in [-0.05, 0) is 68.2 Å². The van der Waals surface area contributed by atoms with Crippen LogP contribution in [0.1, 0.15) is 165 Å². The number of alkyl halides is 1. The maximum absolute atomic E-state index is 12.5. The molecular formula is C53H88BrN3O13. The molecule has 2 rings (SSSR count). The van der Waals surface area contributed by atoms with E-state index >= 15 is 0 Å². The molecule has 2 aromatic carbocycles. The van der Waals surface area contributed by atoms with E-state index < -0.39 is 48.5 Å². The molecule has 10 N–H and O–H groups in total. The Hall–Kier alpha value is -3.39. The molecule has 0 aliphatic heterocycles. The average molecular weight is 1060 g/mol. The number of benzene rings is 2. The van der Waals surface area contributed by atoms with Gasteiger partial charge < -0.3 is 65.9 Å². The lowest BCUT2D eigenvalue weighted by atomic mass is 9.99. The predicted octanol–water partition coefficient (Wildman–Crippen LogP) is 6.81. The Kier molecular flexibility index (Phi) is 36.0. The van der Waals surface area contributed by atoms with E-state index in [4.69, 9.17) is 14.2 Å². The first kappa shape index (κ1) is 62.7. The van der Waals surface area contributed by atoms with Gasteiger partial charge in [0, 0.05) is 24.4 Å². The number of halogens is 1. The molecule has 0 bridgehead atoms. The van der Waals surface area contributed by atoms with Crippen LogP contribution in [0, 0.1) is 0 Å². The van der Waals surface area contributed by atoms with Gasteiger partial charge in [0.05, 0.1) is 56.3 Å². The van der Waals surface area contributed by atoms with Gasteiger partial charge in [-0.15, -0.1) is 0 Å². The number of hydrogen-bond donors (Lipinski definition) is 10. The first-order valence-electron chi connectivity index (χ1n) is 26.0. The van der Waals surface area contributed by atoms with Crippen LogP contribution in [0.2, 0.25) is 0 Å². The van der Waals surface area contributed by atoms with Gasteiger partial charge in [0.25, 0.3) is 0 Å². The molecule has 0 aromatic heterocycles. The number of aliphatic hydroxyl groups excluding tert-OH is 7. The zero-order valence-corrected chi connectivity index (χ0v) is 43.4. The molecule has 0 aliphatic rings. The van der Waals surface area contributed by atoms with E-state index in [0.717, 1.165) is 76.2 Å². The molecule has 16 nitrogen and oxygen atoms in total. The highest BCUT2D eigenvalue weighted by molar-refractivity contribution is 9.09. The molecule has 0 spiro atoms. The van der Waals surface area contributed by atoms with Crippen molar-refractivity contribution < 1.29 is 64.3 Å². The van der Waals surface area contributed by atoms with E-state index in [1.165, 1.54) is 38.5 Å². The Bertz CT molecular complexity index is 1610. The molecule has 0 unspecified atom stereocenters. The summed E-state index contributed by atoms with van der Waals surface area (Å²) in [6, 6.07) is 14.9. The second kappa shape index (κ2) is 40.1. The van der Waals surface area contributed by atoms with Crippen molar-refractivity contribution in [3.05, 3.63) is 65.7 Å². The first-order valence-corrected chi connectivity index (χ1v) is 26.9. The molecule has 3 amide bonds. The summed E-state index contributed by atoms with van der Waals surface area (Å²) in [6.07, 6.45) is 14.6. The monoisotopic (exact) mass is 1050 g/mol. The van der Waals surface area contributed by atoms with Crippen molar-refractivity contribution in [1.29, 1.82) is 0 Å². The molecule has 8 atom stereocenters. The molecule has 400 valence electrons. The molecule has 70 heavy (non-hydrogen) atoms. The van der Waals surface area contributed by atoms with Gasteiger partial charge >= 0.3 is 6.09 Å². The lowest BCUT2D eigenvalue weighted by molar-refractivity contribution is -0.130. The molecule has 0 saturated carbocycles. The minimum Gasteiger partial charge on any atom is -0.491 e. The number of unbranched alkanes of at least 4 members (excludes halogenated alkanes) is 13. The Morgan fingerprint density at radius 3 is 1.77 bits per heavy atom. The van der Waals surface area contributed by atoms with Gasteiger partial charge in [-0.3, -0.25) is 9.59 Å². The predicted molar refractivity (Wildman–Crippen MR) is 274 cm³/mol. The molecule has 0 radical (unpaired) electrons. The van der Waals surface area contributed by atoms with Gasteiger partial charge in [0.15, 0.2) is 0 Å². The van der Waals surface area contributed by atoms with Crippen LogP contribution in [-0.2, 0) is 25.7 Å². The van der Waals surface area contributed by atoms with E-state index in [2.05, 4.69) is 31.9 Å². The highest BCUT2D eigenvalue weighted by atomic mass is 79.9. The van der Waals surface area contributed by atoms with Crippen LogP contribution in [0.5, 0.6) is 5.75 Å². The number of hydrogen-bond acceptors (Lipinski definition) is 13. The summed E-state index contributed by atoms with van der Waals surface area (Å²) >= 11 is 3.52. The molecule has 17 heteroatoms. The largest absolute Gasteiger partial charge is 0.491 e. The number of rotatable bonds is 43. The van der Waals surface area contributed by atoms with Crippen LogP contribution in [-0.4, -0.2) is 135 Å². The van der Waals surface area contributed by atoms with Crippen LogP contribution < -0.4 is 20.7 Å². The Balaban J connectivity index is 1.38. The number of carbonyl (C=O) groups is 3. The Labute approximate surface area is 425 Å². The summed E-state index contributed by atoms with van der Waals surface area (Å²) in [5, 5.41) is 79.4. The zero-order chi connectivity index (χ0) is 51.2. The maximum Gasteiger partial charge on any atom is 0.407 e. The fraction of sp³-hybridized carbons (Fsp3) is 0.717. The highest BCUT2D eigenvalue weighted by Gasteiger charge is 2.25. The van der Waals surface area contributed by atoms with Gasteiger partial charge in [0.1, 0.15) is 25.1 Å². The van der Waals surface area contributed by atoms with Crippen molar-refractivity contribution in [2.45, 2.75) is 202 Å². The lowest BCUT2D eigenvalue weighted by Gasteiger charge is -2.23. The van der Waals surface area contributed by atoms with Crippen LogP contribution in [0.3, 0.4) is 0 Å². The van der Waals surface area contributed by atoms with Gasteiger partial charge in [-0.25, -0.2) is 4.79 Å². The highest BCUT2D eigenvalue weighted by Crippen LogP contribution is 2.22. The third-order valence-electron chi connectivity index (χ3n) is 12.3. The number of nitrogens with one attached hydrogen (secondary N) is 3.